The van der Waals surface area contributed by atoms with Crippen molar-refractivity contribution < 1.29 is 19.4 Å². The van der Waals surface area contributed by atoms with Crippen LogP contribution in [0.2, 0.25) is 18.1 Å². The van der Waals surface area contributed by atoms with Gasteiger partial charge in [-0.2, -0.15) is 0 Å². The number of ether oxygens (including phenoxy) is 1. The van der Waals surface area contributed by atoms with E-state index in [1.807, 2.05) is 11.8 Å². The zero-order valence-corrected chi connectivity index (χ0v) is 27.0. The molecule has 0 fully saturated rings. The molecule has 1 rings (SSSR count). The van der Waals surface area contributed by atoms with Gasteiger partial charge < -0.3 is 9.84 Å². The Morgan fingerprint density at radius 1 is 0.811 bits per heavy atom. The third-order valence-corrected chi connectivity index (χ3v) is 15.1. The number of rotatable bonds is 16. The van der Waals surface area contributed by atoms with Crippen LogP contribution in [0, 0.1) is 0 Å². The van der Waals surface area contributed by atoms with Crippen molar-refractivity contribution in [3.05, 3.63) is 23.3 Å². The summed E-state index contributed by atoms with van der Waals surface area (Å²) >= 11 is 2.05. The first-order valence-electron chi connectivity index (χ1n) is 14.4. The van der Waals surface area contributed by atoms with E-state index in [9.17, 15) is 9.59 Å². The molecule has 1 N–H and O–H groups in total. The number of carboxylic acid groups (broad SMARTS) is 1. The van der Waals surface area contributed by atoms with E-state index in [2.05, 4.69) is 74.4 Å². The third kappa shape index (κ3) is 11.6. The van der Waals surface area contributed by atoms with Crippen LogP contribution in [-0.4, -0.2) is 30.5 Å². The van der Waals surface area contributed by atoms with Crippen LogP contribution in [0.3, 0.4) is 0 Å². The fourth-order valence-electron chi connectivity index (χ4n) is 4.80. The molecule has 0 spiro atoms. The molecule has 0 saturated carbocycles. The average molecular weight is 551 g/mol. The topological polar surface area (TPSA) is 63.6 Å². The number of unbranched alkanes of at least 4 members (excludes halogenated alkanes) is 3. The molecule has 0 aliphatic carbocycles. The first-order chi connectivity index (χ1) is 17.2. The molecule has 6 heteroatoms. The lowest BCUT2D eigenvalue weighted by atomic mass is 9.81. The van der Waals surface area contributed by atoms with Crippen LogP contribution in [-0.2, 0) is 20.4 Å². The van der Waals surface area contributed by atoms with Crippen LogP contribution < -0.4 is 4.74 Å². The second kappa shape index (κ2) is 15.4. The number of aliphatic carboxylic acids is 1. The first-order valence-corrected chi connectivity index (χ1v) is 18.2. The molecule has 0 unspecified atom stereocenters. The van der Waals surface area contributed by atoms with Crippen LogP contribution in [0.15, 0.2) is 17.0 Å². The largest absolute Gasteiger partial charge is 0.481 e. The Morgan fingerprint density at radius 2 is 1.30 bits per heavy atom. The first kappa shape index (κ1) is 33.8. The second-order valence-corrected chi connectivity index (χ2v) is 19.2. The Labute approximate surface area is 232 Å². The van der Waals surface area contributed by atoms with Crippen LogP contribution >= 0.6 is 11.8 Å². The van der Waals surface area contributed by atoms with E-state index in [-0.39, 0.29) is 23.7 Å². The number of carboxylic acids is 1. The molecule has 0 aromatic heterocycles. The molecule has 0 atom stereocenters. The molecule has 0 radical (unpaired) electrons. The lowest BCUT2D eigenvalue weighted by molar-refractivity contribution is -0.142. The van der Waals surface area contributed by atoms with Gasteiger partial charge >= 0.3 is 11.9 Å². The van der Waals surface area contributed by atoms with Gasteiger partial charge in [0.25, 0.3) is 0 Å². The second-order valence-electron chi connectivity index (χ2n) is 12.8. The van der Waals surface area contributed by atoms with Crippen molar-refractivity contribution in [2.45, 2.75) is 148 Å². The van der Waals surface area contributed by atoms with Gasteiger partial charge in [0.15, 0.2) is 0 Å². The Morgan fingerprint density at radius 3 is 1.70 bits per heavy atom. The van der Waals surface area contributed by atoms with E-state index in [1.54, 1.807) is 0 Å². The molecule has 0 aliphatic rings. The number of carbonyl (C=O) groups is 2. The van der Waals surface area contributed by atoms with Crippen molar-refractivity contribution in [1.82, 2.24) is 0 Å². The molecule has 1 aromatic carbocycles. The highest BCUT2D eigenvalue weighted by Crippen LogP contribution is 2.43. The summed E-state index contributed by atoms with van der Waals surface area (Å²) in [5, 5.41) is 10.2. The van der Waals surface area contributed by atoms with Crippen molar-refractivity contribution in [3.63, 3.8) is 0 Å². The monoisotopic (exact) mass is 550 g/mol. The number of hydrogen-bond acceptors (Lipinski definition) is 4. The Bertz CT molecular complexity index is 845. The Hall–Kier alpha value is -1.27. The van der Waals surface area contributed by atoms with E-state index in [1.165, 1.54) is 72.5 Å². The zero-order chi connectivity index (χ0) is 28.3. The van der Waals surface area contributed by atoms with Crippen LogP contribution in [0.4, 0.5) is 0 Å². The molecule has 0 saturated heterocycles. The minimum absolute atomic E-state index is 0.110. The van der Waals surface area contributed by atoms with Crippen molar-refractivity contribution in [1.29, 1.82) is 0 Å². The summed E-state index contributed by atoms with van der Waals surface area (Å²) in [5.74, 6) is -0.904. The summed E-state index contributed by atoms with van der Waals surface area (Å²) in [5.41, 5.74) is 1.89. The maximum atomic E-state index is 12.5. The molecule has 0 aliphatic heterocycles. The van der Waals surface area contributed by atoms with Crippen molar-refractivity contribution >= 4 is 31.8 Å². The standard InChI is InChI=1S/C31H54O4SSi/c1-10-13-18-37(19-14-11-2,20-15-12-3)23-36-27-22-24(30(4,5)6)26(21-25(27)31(7,8)9)35-29(34)17-16-28(32)33/h21-22H,10-20,23H2,1-9H3,(H,32,33). The zero-order valence-electron chi connectivity index (χ0n) is 25.2. The summed E-state index contributed by atoms with van der Waals surface area (Å²) in [6.07, 6.45) is 7.47. The van der Waals surface area contributed by atoms with E-state index < -0.39 is 20.0 Å². The maximum Gasteiger partial charge on any atom is 0.311 e. The quantitative estimate of drug-likeness (QED) is 0.0960. The van der Waals surface area contributed by atoms with Gasteiger partial charge in [0.1, 0.15) is 5.75 Å². The highest BCUT2D eigenvalue weighted by atomic mass is 32.2. The van der Waals surface area contributed by atoms with Crippen molar-refractivity contribution in [3.8, 4) is 5.75 Å². The van der Waals surface area contributed by atoms with Gasteiger partial charge in [0.05, 0.1) is 20.9 Å². The Kier molecular flexibility index (Phi) is 14.0. The summed E-state index contributed by atoms with van der Waals surface area (Å²) in [6.45, 7) is 20.0. The summed E-state index contributed by atoms with van der Waals surface area (Å²) in [7, 11) is -1.43. The van der Waals surface area contributed by atoms with Gasteiger partial charge in [-0.05, 0) is 33.9 Å². The fourth-order valence-corrected chi connectivity index (χ4v) is 13.2. The van der Waals surface area contributed by atoms with Gasteiger partial charge in [0.2, 0.25) is 0 Å². The van der Waals surface area contributed by atoms with E-state index in [0.29, 0.717) is 5.75 Å². The minimum atomic E-state index is -1.43. The number of thioether (sulfide) groups is 1. The molecule has 37 heavy (non-hydrogen) atoms. The van der Waals surface area contributed by atoms with Gasteiger partial charge in [-0.3, -0.25) is 9.59 Å². The maximum absolute atomic E-state index is 12.5. The Balaban J connectivity index is 3.49. The predicted octanol–water partition coefficient (Wildman–Crippen LogP) is 9.53. The highest BCUT2D eigenvalue weighted by molar-refractivity contribution is 8.01. The SMILES string of the molecule is CCCC[Si](CCCC)(CCCC)CSc1cc(C(C)(C)C)c(OC(=O)CCC(=O)O)cc1C(C)(C)C. The van der Waals surface area contributed by atoms with Crippen molar-refractivity contribution in [2.75, 3.05) is 5.38 Å². The number of carbonyl (C=O) groups excluding carboxylic acids is 1. The smallest absolute Gasteiger partial charge is 0.311 e. The molecule has 0 heterocycles. The van der Waals surface area contributed by atoms with Gasteiger partial charge in [-0.15, -0.1) is 11.8 Å². The van der Waals surface area contributed by atoms with Crippen molar-refractivity contribution in [2.24, 2.45) is 0 Å². The molecule has 4 nitrogen and oxygen atoms in total. The summed E-state index contributed by atoms with van der Waals surface area (Å²) in [4.78, 5) is 24.8. The van der Waals surface area contributed by atoms with E-state index >= 15 is 0 Å². The van der Waals surface area contributed by atoms with Crippen LogP contribution in [0.5, 0.6) is 5.75 Å². The molecule has 0 amide bonds. The van der Waals surface area contributed by atoms with E-state index in [0.717, 1.165) is 5.56 Å². The normalized spacial score (nSPS) is 12.6. The highest BCUT2D eigenvalue weighted by Gasteiger charge is 2.33. The molecular weight excluding hydrogens is 496 g/mol. The lowest BCUT2D eigenvalue weighted by Crippen LogP contribution is -2.37. The minimum Gasteiger partial charge on any atom is -0.481 e. The molecular formula is C31H54O4SSi. The average Bonchev–Trinajstić information content (AvgIpc) is 2.80. The molecule has 1 aromatic rings. The summed E-state index contributed by atoms with van der Waals surface area (Å²) < 4.78 is 5.82. The van der Waals surface area contributed by atoms with Crippen LogP contribution in [0.1, 0.15) is 125 Å². The number of esters is 1. The molecule has 212 valence electrons. The fraction of sp³-hybridized carbons (Fsp3) is 0.742. The van der Waals surface area contributed by atoms with Gasteiger partial charge in [-0.25, -0.2) is 0 Å². The molecule has 0 bridgehead atoms. The third-order valence-electron chi connectivity index (χ3n) is 7.18. The number of benzene rings is 1. The van der Waals surface area contributed by atoms with Gasteiger partial charge in [-0.1, -0.05) is 119 Å². The lowest BCUT2D eigenvalue weighted by Gasteiger charge is -2.34. The van der Waals surface area contributed by atoms with E-state index in [4.69, 9.17) is 9.84 Å². The van der Waals surface area contributed by atoms with Gasteiger partial charge in [0, 0.05) is 10.5 Å². The van der Waals surface area contributed by atoms with Crippen LogP contribution in [0.25, 0.3) is 0 Å². The summed E-state index contributed by atoms with van der Waals surface area (Å²) in [6, 6.07) is 8.60. The predicted molar refractivity (Wildman–Crippen MR) is 162 cm³/mol. The number of hydrogen-bond donors (Lipinski definition) is 1.